The monoisotopic (exact) mass is 402 g/mol. The van der Waals surface area contributed by atoms with Crippen LogP contribution in [0.25, 0.3) is 0 Å². The summed E-state index contributed by atoms with van der Waals surface area (Å²) in [6, 6.07) is 7.45. The number of aryl methyl sites for hydroxylation is 1. The van der Waals surface area contributed by atoms with E-state index in [4.69, 9.17) is 17.0 Å². The quantitative estimate of drug-likeness (QED) is 0.590. The van der Waals surface area contributed by atoms with Gasteiger partial charge in [0.25, 0.3) is 5.91 Å². The van der Waals surface area contributed by atoms with Crippen LogP contribution >= 0.6 is 23.6 Å². The van der Waals surface area contributed by atoms with Gasteiger partial charge in [0, 0.05) is 10.4 Å². The van der Waals surface area contributed by atoms with Gasteiger partial charge < -0.3 is 10.1 Å². The average Bonchev–Trinajstić information content (AvgIpc) is 3.21. The molecule has 0 fully saturated rings. The van der Waals surface area contributed by atoms with Crippen molar-refractivity contribution in [3.8, 4) is 0 Å². The number of carbonyl (C=O) groups is 2. The molecule has 1 aromatic heterocycles. The molecule has 0 saturated carbocycles. The van der Waals surface area contributed by atoms with Gasteiger partial charge in [-0.1, -0.05) is 26.0 Å². The van der Waals surface area contributed by atoms with Crippen molar-refractivity contribution >= 4 is 45.5 Å². The Morgan fingerprint density at radius 1 is 1.19 bits per heavy atom. The molecule has 2 N–H and O–H groups in total. The van der Waals surface area contributed by atoms with Gasteiger partial charge in [0.2, 0.25) is 0 Å². The van der Waals surface area contributed by atoms with Crippen LogP contribution in [0.15, 0.2) is 24.3 Å². The van der Waals surface area contributed by atoms with E-state index < -0.39 is 0 Å². The Kier molecular flexibility index (Phi) is 5.92. The van der Waals surface area contributed by atoms with Crippen LogP contribution in [-0.2, 0) is 17.6 Å². The van der Waals surface area contributed by atoms with Crippen molar-refractivity contribution < 1.29 is 14.3 Å². The molecule has 0 atom stereocenters. The fourth-order valence-corrected chi connectivity index (χ4v) is 4.68. The molecule has 27 heavy (non-hydrogen) atoms. The molecule has 1 heterocycles. The summed E-state index contributed by atoms with van der Waals surface area (Å²) in [7, 11) is 1.37. The molecule has 0 saturated heterocycles. The van der Waals surface area contributed by atoms with Crippen LogP contribution < -0.4 is 10.6 Å². The summed E-state index contributed by atoms with van der Waals surface area (Å²) in [6.45, 7) is 4.21. The average molecular weight is 403 g/mol. The van der Waals surface area contributed by atoms with E-state index in [0.717, 1.165) is 24.8 Å². The largest absolute Gasteiger partial charge is 0.465 e. The topological polar surface area (TPSA) is 67.4 Å². The van der Waals surface area contributed by atoms with Gasteiger partial charge in [0.15, 0.2) is 5.11 Å². The highest BCUT2D eigenvalue weighted by molar-refractivity contribution is 7.80. The van der Waals surface area contributed by atoms with E-state index in [1.165, 1.54) is 28.9 Å². The summed E-state index contributed by atoms with van der Waals surface area (Å²) in [4.78, 5) is 25.8. The highest BCUT2D eigenvalue weighted by atomic mass is 32.1. The summed E-state index contributed by atoms with van der Waals surface area (Å²) in [5.41, 5.74) is 3.27. The second kappa shape index (κ2) is 8.19. The Labute approximate surface area is 168 Å². The number of rotatable bonds is 4. The lowest BCUT2D eigenvalue weighted by molar-refractivity contribution is 0.0601. The molecule has 1 aliphatic carbocycles. The summed E-state index contributed by atoms with van der Waals surface area (Å²) >= 11 is 6.78. The lowest BCUT2D eigenvalue weighted by atomic mass is 10.0. The van der Waals surface area contributed by atoms with E-state index in [1.807, 2.05) is 12.1 Å². The first-order valence-corrected chi connectivity index (χ1v) is 10.1. The zero-order chi connectivity index (χ0) is 19.6. The van der Waals surface area contributed by atoms with Gasteiger partial charge in [0.05, 0.1) is 12.7 Å². The first-order chi connectivity index (χ1) is 12.9. The molecule has 0 bridgehead atoms. The predicted molar refractivity (Wildman–Crippen MR) is 112 cm³/mol. The molecular weight excluding hydrogens is 380 g/mol. The number of thiophene rings is 1. The van der Waals surface area contributed by atoms with E-state index in [1.54, 1.807) is 12.1 Å². The number of fused-ring (bicyclic) bond motifs is 1. The summed E-state index contributed by atoms with van der Waals surface area (Å²) < 4.78 is 4.92. The Morgan fingerprint density at radius 2 is 1.89 bits per heavy atom. The maximum Gasteiger partial charge on any atom is 0.341 e. The van der Waals surface area contributed by atoms with Crippen molar-refractivity contribution in [2.24, 2.45) is 0 Å². The number of anilines is 1. The maximum absolute atomic E-state index is 12.4. The van der Waals surface area contributed by atoms with Crippen molar-refractivity contribution in [2.75, 3.05) is 12.4 Å². The number of ether oxygens (including phenoxy) is 1. The molecule has 5 nitrogen and oxygen atoms in total. The van der Waals surface area contributed by atoms with E-state index in [-0.39, 0.29) is 17.0 Å². The van der Waals surface area contributed by atoms with Gasteiger partial charge >= 0.3 is 5.97 Å². The molecule has 3 rings (SSSR count). The third-order valence-electron chi connectivity index (χ3n) is 4.60. The Morgan fingerprint density at radius 3 is 2.52 bits per heavy atom. The van der Waals surface area contributed by atoms with Gasteiger partial charge in [-0.3, -0.25) is 10.1 Å². The van der Waals surface area contributed by atoms with Gasteiger partial charge in [-0.05, 0) is 60.7 Å². The zero-order valence-corrected chi connectivity index (χ0v) is 17.2. The third kappa shape index (κ3) is 4.20. The minimum atomic E-state index is -0.379. The number of hydrogen-bond acceptors (Lipinski definition) is 5. The first kappa shape index (κ1) is 19.5. The van der Waals surface area contributed by atoms with Gasteiger partial charge in [-0.25, -0.2) is 4.79 Å². The Bertz CT molecular complexity index is 885. The fraction of sp³-hybridized carbons (Fsp3) is 0.350. The summed E-state index contributed by atoms with van der Waals surface area (Å²) in [6.07, 6.45) is 2.85. The highest BCUT2D eigenvalue weighted by Crippen LogP contribution is 2.39. The van der Waals surface area contributed by atoms with E-state index in [2.05, 4.69) is 24.5 Å². The van der Waals surface area contributed by atoms with Gasteiger partial charge in [-0.15, -0.1) is 11.3 Å². The lowest BCUT2D eigenvalue weighted by Crippen LogP contribution is -2.34. The highest BCUT2D eigenvalue weighted by Gasteiger charge is 2.27. The summed E-state index contributed by atoms with van der Waals surface area (Å²) in [5, 5.41) is 6.48. The van der Waals surface area contributed by atoms with Crippen molar-refractivity contribution in [2.45, 2.75) is 39.0 Å². The van der Waals surface area contributed by atoms with Crippen LogP contribution in [0, 0.1) is 0 Å². The number of thiocarbonyl (C=S) groups is 1. The van der Waals surface area contributed by atoms with Crippen molar-refractivity contribution in [1.82, 2.24) is 5.32 Å². The van der Waals surface area contributed by atoms with Crippen LogP contribution in [0.3, 0.4) is 0 Å². The molecule has 0 radical (unpaired) electrons. The molecule has 1 aliphatic rings. The maximum atomic E-state index is 12.4. The fourth-order valence-electron chi connectivity index (χ4n) is 3.14. The molecular formula is C20H22N2O3S2. The van der Waals surface area contributed by atoms with Crippen molar-refractivity contribution in [3.05, 3.63) is 51.4 Å². The van der Waals surface area contributed by atoms with Gasteiger partial charge in [0.1, 0.15) is 5.00 Å². The van der Waals surface area contributed by atoms with E-state index >= 15 is 0 Å². The second-order valence-electron chi connectivity index (χ2n) is 6.74. The smallest absolute Gasteiger partial charge is 0.341 e. The molecule has 0 spiro atoms. The van der Waals surface area contributed by atoms with Crippen molar-refractivity contribution in [3.63, 3.8) is 0 Å². The lowest BCUT2D eigenvalue weighted by Gasteiger charge is -2.11. The second-order valence-corrected chi connectivity index (χ2v) is 8.25. The predicted octanol–water partition coefficient (Wildman–Crippen LogP) is 4.27. The van der Waals surface area contributed by atoms with Crippen LogP contribution in [0.5, 0.6) is 0 Å². The van der Waals surface area contributed by atoms with Crippen LogP contribution in [0.2, 0.25) is 0 Å². The summed E-state index contributed by atoms with van der Waals surface area (Å²) in [5.74, 6) is -0.260. The zero-order valence-electron chi connectivity index (χ0n) is 15.5. The number of amides is 1. The van der Waals surface area contributed by atoms with E-state index in [9.17, 15) is 9.59 Å². The number of esters is 1. The molecule has 1 amide bonds. The van der Waals surface area contributed by atoms with Crippen LogP contribution in [0.4, 0.5) is 5.00 Å². The SMILES string of the molecule is COC(=O)c1c(NC(=S)NC(=O)c2ccc(C(C)C)cc2)sc2c1CCC2. The molecule has 7 heteroatoms. The number of hydrogen-bond donors (Lipinski definition) is 2. The third-order valence-corrected chi connectivity index (χ3v) is 6.02. The molecule has 0 aliphatic heterocycles. The minimum absolute atomic E-state index is 0.165. The number of methoxy groups -OCH3 is 1. The standard InChI is InChI=1S/C20H22N2O3S2/c1-11(2)12-7-9-13(10-8-12)17(23)21-20(26)22-18-16(19(24)25-3)14-5-4-6-15(14)27-18/h7-11H,4-6H2,1-3H3,(H2,21,22,23,26). The molecule has 0 unspecified atom stereocenters. The number of nitrogens with one attached hydrogen (secondary N) is 2. The number of carbonyl (C=O) groups excluding carboxylic acids is 2. The van der Waals surface area contributed by atoms with Crippen LogP contribution in [0.1, 0.15) is 62.9 Å². The van der Waals surface area contributed by atoms with Crippen molar-refractivity contribution in [1.29, 1.82) is 0 Å². The Hall–Kier alpha value is -2.25. The molecule has 2 aromatic rings. The van der Waals surface area contributed by atoms with E-state index in [0.29, 0.717) is 22.0 Å². The minimum Gasteiger partial charge on any atom is -0.465 e. The van der Waals surface area contributed by atoms with Gasteiger partial charge in [-0.2, -0.15) is 0 Å². The molecule has 1 aromatic carbocycles. The normalized spacial score (nSPS) is 12.6. The Balaban J connectivity index is 1.71. The van der Waals surface area contributed by atoms with Crippen LogP contribution in [-0.4, -0.2) is 24.1 Å². The first-order valence-electron chi connectivity index (χ1n) is 8.85. The number of benzene rings is 1. The molecule has 142 valence electrons.